The van der Waals surface area contributed by atoms with Crippen molar-refractivity contribution in [3.63, 3.8) is 0 Å². The van der Waals surface area contributed by atoms with Crippen molar-refractivity contribution in [2.24, 2.45) is 0 Å². The molecule has 5 nitrogen and oxygen atoms in total. The van der Waals surface area contributed by atoms with Crippen LogP contribution in [0.5, 0.6) is 11.5 Å². The van der Waals surface area contributed by atoms with Gasteiger partial charge in [-0.1, -0.05) is 6.07 Å². The van der Waals surface area contributed by atoms with E-state index >= 15 is 0 Å². The maximum atomic E-state index is 12.0. The predicted octanol–water partition coefficient (Wildman–Crippen LogP) is 4.38. The van der Waals surface area contributed by atoms with Crippen LogP contribution in [-0.4, -0.2) is 31.2 Å². The minimum absolute atomic E-state index is 0.0662. The van der Waals surface area contributed by atoms with Gasteiger partial charge in [-0.3, -0.25) is 4.79 Å². The normalized spacial score (nSPS) is 10.5. The van der Waals surface area contributed by atoms with Crippen LogP contribution in [0.15, 0.2) is 45.6 Å². The first-order valence-corrected chi connectivity index (χ1v) is 10.4. The van der Waals surface area contributed by atoms with Gasteiger partial charge in [-0.05, 0) is 34.1 Å². The van der Waals surface area contributed by atoms with Crippen LogP contribution in [-0.2, 0) is 11.2 Å². The Morgan fingerprint density at radius 1 is 1.23 bits per heavy atom. The Bertz CT molecular complexity index is 879. The SMILES string of the molecule is COc1cccc(OCCNC(=O)Cc2csc(-c3cc(Br)cs3)n2)c1. The highest BCUT2D eigenvalue weighted by Gasteiger charge is 2.10. The first-order valence-electron chi connectivity index (χ1n) is 7.86. The van der Waals surface area contributed by atoms with E-state index in [0.29, 0.717) is 18.9 Å². The lowest BCUT2D eigenvalue weighted by atomic mass is 10.3. The highest BCUT2D eigenvalue weighted by molar-refractivity contribution is 9.10. The van der Waals surface area contributed by atoms with Crippen molar-refractivity contribution in [2.75, 3.05) is 20.3 Å². The molecular weight excluding hydrogens is 436 g/mol. The van der Waals surface area contributed by atoms with Crippen molar-refractivity contribution in [2.45, 2.75) is 6.42 Å². The van der Waals surface area contributed by atoms with Gasteiger partial charge in [0, 0.05) is 21.3 Å². The lowest BCUT2D eigenvalue weighted by molar-refractivity contribution is -0.120. The third-order valence-electron chi connectivity index (χ3n) is 3.41. The summed E-state index contributed by atoms with van der Waals surface area (Å²) < 4.78 is 11.8. The van der Waals surface area contributed by atoms with Gasteiger partial charge in [0.05, 0.1) is 30.6 Å². The number of ether oxygens (including phenoxy) is 2. The van der Waals surface area contributed by atoms with E-state index in [1.807, 2.05) is 41.1 Å². The van der Waals surface area contributed by atoms with Crippen molar-refractivity contribution in [3.8, 4) is 21.4 Å². The average Bonchev–Trinajstić information content (AvgIpc) is 3.28. The molecule has 0 aliphatic heterocycles. The zero-order valence-electron chi connectivity index (χ0n) is 14.0. The van der Waals surface area contributed by atoms with Crippen molar-refractivity contribution in [1.29, 1.82) is 0 Å². The summed E-state index contributed by atoms with van der Waals surface area (Å²) in [7, 11) is 1.61. The molecule has 3 aromatic rings. The standard InChI is InChI=1S/C18H17BrN2O3S2/c1-23-14-3-2-4-15(9-14)24-6-5-20-17(22)8-13-11-26-18(21-13)16-7-12(19)10-25-16/h2-4,7,9-11H,5-6,8H2,1H3,(H,20,22). The van der Waals surface area contributed by atoms with Crippen LogP contribution >= 0.6 is 38.6 Å². The van der Waals surface area contributed by atoms with Gasteiger partial charge in [0.25, 0.3) is 0 Å². The van der Waals surface area contributed by atoms with Crippen molar-refractivity contribution >= 4 is 44.5 Å². The summed E-state index contributed by atoms with van der Waals surface area (Å²) >= 11 is 6.62. The Kier molecular flexibility index (Phi) is 6.65. The quantitative estimate of drug-likeness (QED) is 0.515. The number of hydrogen-bond donors (Lipinski definition) is 1. The van der Waals surface area contributed by atoms with Crippen LogP contribution in [0.1, 0.15) is 5.69 Å². The first kappa shape index (κ1) is 18.9. The number of hydrogen-bond acceptors (Lipinski definition) is 6. The van der Waals surface area contributed by atoms with Crippen molar-refractivity contribution in [3.05, 3.63) is 51.3 Å². The molecule has 0 bridgehead atoms. The number of thiophene rings is 1. The largest absolute Gasteiger partial charge is 0.497 e. The number of carbonyl (C=O) groups is 1. The van der Waals surface area contributed by atoms with E-state index in [0.717, 1.165) is 25.8 Å². The number of methoxy groups -OCH3 is 1. The van der Waals surface area contributed by atoms with E-state index in [-0.39, 0.29) is 12.3 Å². The molecule has 136 valence electrons. The summed E-state index contributed by atoms with van der Waals surface area (Å²) in [5, 5.41) is 7.73. The number of nitrogens with zero attached hydrogens (tertiary/aromatic N) is 1. The maximum absolute atomic E-state index is 12.0. The van der Waals surface area contributed by atoms with E-state index in [1.165, 1.54) is 0 Å². The minimum atomic E-state index is -0.0662. The predicted molar refractivity (Wildman–Crippen MR) is 108 cm³/mol. The van der Waals surface area contributed by atoms with Crippen LogP contribution in [0.3, 0.4) is 0 Å². The van der Waals surface area contributed by atoms with E-state index in [2.05, 4.69) is 26.2 Å². The Balaban J connectivity index is 1.42. The molecule has 8 heteroatoms. The van der Waals surface area contributed by atoms with E-state index in [4.69, 9.17) is 9.47 Å². The second-order valence-electron chi connectivity index (χ2n) is 5.33. The third-order valence-corrected chi connectivity index (χ3v) is 6.16. The number of amides is 1. The summed E-state index contributed by atoms with van der Waals surface area (Å²) in [5.74, 6) is 1.39. The molecule has 0 unspecified atom stereocenters. The molecule has 2 aromatic heterocycles. The summed E-state index contributed by atoms with van der Waals surface area (Å²) in [5.41, 5.74) is 0.778. The second kappa shape index (κ2) is 9.16. The fourth-order valence-corrected chi connectivity index (χ4v) is 4.53. The molecular formula is C18H17BrN2O3S2. The van der Waals surface area contributed by atoms with Gasteiger partial charge in [-0.15, -0.1) is 22.7 Å². The number of rotatable bonds is 8. The lowest BCUT2D eigenvalue weighted by Gasteiger charge is -2.08. The molecule has 0 aliphatic rings. The minimum Gasteiger partial charge on any atom is -0.497 e. The highest BCUT2D eigenvalue weighted by atomic mass is 79.9. The number of aromatic nitrogens is 1. The monoisotopic (exact) mass is 452 g/mol. The van der Waals surface area contributed by atoms with Crippen LogP contribution in [0.25, 0.3) is 9.88 Å². The van der Waals surface area contributed by atoms with Crippen molar-refractivity contribution < 1.29 is 14.3 Å². The van der Waals surface area contributed by atoms with E-state index in [9.17, 15) is 4.79 Å². The summed E-state index contributed by atoms with van der Waals surface area (Å²) in [6, 6.07) is 9.40. The average molecular weight is 453 g/mol. The fraction of sp³-hybridized carbons (Fsp3) is 0.222. The molecule has 0 aliphatic carbocycles. The molecule has 1 N–H and O–H groups in total. The van der Waals surface area contributed by atoms with Crippen molar-refractivity contribution in [1.82, 2.24) is 10.3 Å². The molecule has 1 aromatic carbocycles. The molecule has 0 spiro atoms. The Labute approximate surface area is 168 Å². The smallest absolute Gasteiger partial charge is 0.226 e. The van der Waals surface area contributed by atoms with Gasteiger partial charge in [0.1, 0.15) is 23.1 Å². The molecule has 26 heavy (non-hydrogen) atoms. The Hall–Kier alpha value is -1.90. The molecule has 0 saturated heterocycles. The van der Waals surface area contributed by atoms with Gasteiger partial charge in [0.15, 0.2) is 0 Å². The third kappa shape index (κ3) is 5.30. The highest BCUT2D eigenvalue weighted by Crippen LogP contribution is 2.32. The topological polar surface area (TPSA) is 60.5 Å². The molecule has 3 rings (SSSR count). The second-order valence-corrected chi connectivity index (χ2v) is 8.01. The number of nitrogens with one attached hydrogen (secondary N) is 1. The summed E-state index contributed by atoms with van der Waals surface area (Å²) in [6.45, 7) is 0.829. The molecule has 0 atom stereocenters. The fourth-order valence-electron chi connectivity index (χ4n) is 2.20. The molecule has 0 saturated carbocycles. The first-order chi connectivity index (χ1) is 12.6. The number of carbonyl (C=O) groups excluding carboxylic acids is 1. The van der Waals surface area contributed by atoms with E-state index in [1.54, 1.807) is 29.8 Å². The number of halogens is 1. The summed E-state index contributed by atoms with van der Waals surface area (Å²) in [6.07, 6.45) is 0.266. The Morgan fingerprint density at radius 3 is 2.85 bits per heavy atom. The van der Waals surface area contributed by atoms with Crippen LogP contribution in [0, 0.1) is 0 Å². The van der Waals surface area contributed by atoms with Gasteiger partial charge >= 0.3 is 0 Å². The van der Waals surface area contributed by atoms with Gasteiger partial charge in [-0.2, -0.15) is 0 Å². The molecule has 2 heterocycles. The number of thiazole rings is 1. The zero-order valence-corrected chi connectivity index (χ0v) is 17.2. The lowest BCUT2D eigenvalue weighted by Crippen LogP contribution is -2.29. The Morgan fingerprint density at radius 2 is 2.08 bits per heavy atom. The zero-order chi connectivity index (χ0) is 18.4. The molecule has 0 fully saturated rings. The maximum Gasteiger partial charge on any atom is 0.226 e. The molecule has 1 amide bonds. The van der Waals surface area contributed by atoms with Crippen LogP contribution < -0.4 is 14.8 Å². The van der Waals surface area contributed by atoms with Crippen LogP contribution in [0.4, 0.5) is 0 Å². The number of benzene rings is 1. The van der Waals surface area contributed by atoms with Gasteiger partial charge in [-0.25, -0.2) is 4.98 Å². The van der Waals surface area contributed by atoms with E-state index < -0.39 is 0 Å². The van der Waals surface area contributed by atoms with Gasteiger partial charge in [0.2, 0.25) is 5.91 Å². The molecule has 0 radical (unpaired) electrons. The van der Waals surface area contributed by atoms with Crippen LogP contribution in [0.2, 0.25) is 0 Å². The van der Waals surface area contributed by atoms with Gasteiger partial charge < -0.3 is 14.8 Å². The summed E-state index contributed by atoms with van der Waals surface area (Å²) in [4.78, 5) is 17.7.